The minimum absolute atomic E-state index is 0.113. The standard InChI is InChI=1S/C20H36N8O8/c1-9(2)15(18(34)27-12(19(35)36)8-14(30)31)28-17(33)11(5-6-13(22)29)26-16(32)10(21)4-3-7-25-20(23)24/h9-12,15H,3-8,21H2,1-2H3,(H2,22,29)(H,26,32)(H,27,34)(H,28,33)(H,30,31)(H,35,36)(H4,23,24,25). The molecule has 4 amide bonds. The Morgan fingerprint density at radius 3 is 1.89 bits per heavy atom. The molecule has 36 heavy (non-hydrogen) atoms. The number of carboxylic acid groups (broad SMARTS) is 2. The van der Waals surface area contributed by atoms with E-state index in [-0.39, 0.29) is 31.8 Å². The van der Waals surface area contributed by atoms with Crippen LogP contribution < -0.4 is 38.9 Å². The summed E-state index contributed by atoms with van der Waals surface area (Å²) in [6.45, 7) is 3.35. The molecule has 0 saturated heterocycles. The fourth-order valence-corrected chi connectivity index (χ4v) is 2.91. The number of amides is 4. The quantitative estimate of drug-likeness (QED) is 0.0514. The first kappa shape index (κ1) is 32.0. The van der Waals surface area contributed by atoms with E-state index in [1.165, 1.54) is 0 Å². The van der Waals surface area contributed by atoms with Crippen molar-refractivity contribution in [1.82, 2.24) is 16.0 Å². The SMILES string of the molecule is CC(C)C(NC(=O)C(CCC(N)=O)NC(=O)C(N)CCCN=C(N)N)C(=O)NC(CC(=O)O)C(=O)O. The fourth-order valence-electron chi connectivity index (χ4n) is 2.91. The number of carboxylic acids is 2. The number of hydrogen-bond donors (Lipinski definition) is 9. The van der Waals surface area contributed by atoms with Crippen LogP contribution in [0, 0.1) is 5.92 Å². The second-order valence-corrected chi connectivity index (χ2v) is 8.35. The Hall–Kier alpha value is -3.95. The second kappa shape index (κ2) is 15.9. The van der Waals surface area contributed by atoms with Crippen LogP contribution in [-0.2, 0) is 28.8 Å². The number of nitrogens with one attached hydrogen (secondary N) is 3. The van der Waals surface area contributed by atoms with Gasteiger partial charge in [0.25, 0.3) is 0 Å². The molecule has 4 atom stereocenters. The number of carbonyl (C=O) groups is 6. The maximum atomic E-state index is 12.9. The molecule has 0 saturated carbocycles. The highest BCUT2D eigenvalue weighted by Crippen LogP contribution is 2.07. The first-order valence-corrected chi connectivity index (χ1v) is 11.1. The summed E-state index contributed by atoms with van der Waals surface area (Å²) < 4.78 is 0. The van der Waals surface area contributed by atoms with Crippen molar-refractivity contribution in [2.45, 2.75) is 70.1 Å². The maximum absolute atomic E-state index is 12.9. The maximum Gasteiger partial charge on any atom is 0.326 e. The predicted octanol–water partition coefficient (Wildman–Crippen LogP) is -3.70. The van der Waals surface area contributed by atoms with E-state index in [1.54, 1.807) is 13.8 Å². The van der Waals surface area contributed by atoms with Gasteiger partial charge in [-0.25, -0.2) is 4.79 Å². The van der Waals surface area contributed by atoms with E-state index >= 15 is 0 Å². The Morgan fingerprint density at radius 2 is 1.42 bits per heavy atom. The molecule has 0 aromatic carbocycles. The van der Waals surface area contributed by atoms with Crippen LogP contribution in [0.2, 0.25) is 0 Å². The van der Waals surface area contributed by atoms with E-state index in [0.717, 1.165) is 0 Å². The molecule has 0 aliphatic heterocycles. The van der Waals surface area contributed by atoms with E-state index in [4.69, 9.17) is 33.1 Å². The van der Waals surface area contributed by atoms with Crippen molar-refractivity contribution in [3.63, 3.8) is 0 Å². The molecule has 0 heterocycles. The molecule has 0 aliphatic rings. The van der Waals surface area contributed by atoms with Crippen molar-refractivity contribution >= 4 is 41.5 Å². The largest absolute Gasteiger partial charge is 0.481 e. The Morgan fingerprint density at radius 1 is 0.833 bits per heavy atom. The lowest BCUT2D eigenvalue weighted by Crippen LogP contribution is -2.58. The lowest BCUT2D eigenvalue weighted by molar-refractivity contribution is -0.147. The highest BCUT2D eigenvalue weighted by molar-refractivity contribution is 5.95. The number of nitrogens with zero attached hydrogens (tertiary/aromatic N) is 1. The first-order chi connectivity index (χ1) is 16.6. The highest BCUT2D eigenvalue weighted by Gasteiger charge is 2.32. The lowest BCUT2D eigenvalue weighted by atomic mass is 10.0. The van der Waals surface area contributed by atoms with Gasteiger partial charge in [-0.05, 0) is 25.2 Å². The van der Waals surface area contributed by atoms with Gasteiger partial charge in [-0.15, -0.1) is 0 Å². The highest BCUT2D eigenvalue weighted by atomic mass is 16.4. The first-order valence-electron chi connectivity index (χ1n) is 11.1. The number of carbonyl (C=O) groups excluding carboxylic acids is 4. The third-order valence-electron chi connectivity index (χ3n) is 4.86. The van der Waals surface area contributed by atoms with Crippen molar-refractivity contribution in [3.8, 4) is 0 Å². The molecular weight excluding hydrogens is 480 g/mol. The summed E-state index contributed by atoms with van der Waals surface area (Å²) >= 11 is 0. The molecule has 0 aromatic rings. The van der Waals surface area contributed by atoms with Crippen LogP contribution in [0.15, 0.2) is 4.99 Å². The minimum atomic E-state index is -1.73. The predicted molar refractivity (Wildman–Crippen MR) is 127 cm³/mol. The average Bonchev–Trinajstić information content (AvgIpc) is 2.75. The van der Waals surface area contributed by atoms with E-state index in [0.29, 0.717) is 6.42 Å². The van der Waals surface area contributed by atoms with Crippen molar-refractivity contribution in [2.24, 2.45) is 33.8 Å². The number of aliphatic carboxylic acids is 2. The third kappa shape index (κ3) is 13.1. The third-order valence-corrected chi connectivity index (χ3v) is 4.86. The molecule has 13 N–H and O–H groups in total. The fraction of sp³-hybridized carbons (Fsp3) is 0.650. The molecule has 0 aliphatic carbocycles. The zero-order chi connectivity index (χ0) is 28.0. The Bertz CT molecular complexity index is 844. The normalized spacial score (nSPS) is 14.0. The van der Waals surface area contributed by atoms with Gasteiger partial charge in [-0.1, -0.05) is 13.8 Å². The van der Waals surface area contributed by atoms with Crippen LogP contribution in [0.5, 0.6) is 0 Å². The van der Waals surface area contributed by atoms with Gasteiger partial charge in [0, 0.05) is 13.0 Å². The van der Waals surface area contributed by atoms with E-state index in [1.807, 2.05) is 0 Å². The molecule has 0 radical (unpaired) electrons. The van der Waals surface area contributed by atoms with Gasteiger partial charge in [-0.3, -0.25) is 29.0 Å². The molecule has 0 fully saturated rings. The summed E-state index contributed by atoms with van der Waals surface area (Å²) in [5.74, 6) is -6.92. The summed E-state index contributed by atoms with van der Waals surface area (Å²) in [7, 11) is 0. The molecule has 16 heteroatoms. The number of primary amides is 1. The molecule has 4 unspecified atom stereocenters. The van der Waals surface area contributed by atoms with Gasteiger partial charge in [-0.2, -0.15) is 0 Å². The van der Waals surface area contributed by atoms with Gasteiger partial charge >= 0.3 is 11.9 Å². The topological polar surface area (TPSA) is 295 Å². The zero-order valence-corrected chi connectivity index (χ0v) is 20.2. The van der Waals surface area contributed by atoms with Crippen molar-refractivity contribution in [3.05, 3.63) is 0 Å². The van der Waals surface area contributed by atoms with E-state index in [9.17, 15) is 28.8 Å². The number of guanidine groups is 1. The van der Waals surface area contributed by atoms with Crippen LogP contribution in [0.25, 0.3) is 0 Å². The van der Waals surface area contributed by atoms with Gasteiger partial charge in [0.1, 0.15) is 18.1 Å². The average molecular weight is 517 g/mol. The smallest absolute Gasteiger partial charge is 0.326 e. The monoisotopic (exact) mass is 516 g/mol. The van der Waals surface area contributed by atoms with Crippen LogP contribution in [0.3, 0.4) is 0 Å². The summed E-state index contributed by atoms with van der Waals surface area (Å²) in [6.07, 6.45) is -0.781. The summed E-state index contributed by atoms with van der Waals surface area (Å²) in [4.78, 5) is 75.2. The van der Waals surface area contributed by atoms with Gasteiger partial charge in [0.2, 0.25) is 23.6 Å². The molecule has 16 nitrogen and oxygen atoms in total. The number of aliphatic imine (C=N–C) groups is 1. The lowest BCUT2D eigenvalue weighted by Gasteiger charge is -2.26. The summed E-state index contributed by atoms with van der Waals surface area (Å²) in [5.41, 5.74) is 21.4. The number of hydrogen-bond acceptors (Lipinski definition) is 8. The van der Waals surface area contributed by atoms with Crippen LogP contribution in [-0.4, -0.2) is 82.5 Å². The van der Waals surface area contributed by atoms with Gasteiger partial charge in [0.05, 0.1) is 12.5 Å². The summed E-state index contributed by atoms with van der Waals surface area (Å²) in [5, 5.41) is 24.9. The minimum Gasteiger partial charge on any atom is -0.481 e. The van der Waals surface area contributed by atoms with Crippen molar-refractivity contribution in [1.29, 1.82) is 0 Å². The van der Waals surface area contributed by atoms with Crippen LogP contribution in [0.1, 0.15) is 46.0 Å². The zero-order valence-electron chi connectivity index (χ0n) is 20.2. The molecule has 0 rings (SSSR count). The van der Waals surface area contributed by atoms with Crippen molar-refractivity contribution in [2.75, 3.05) is 6.54 Å². The van der Waals surface area contributed by atoms with Crippen molar-refractivity contribution < 1.29 is 39.0 Å². The molecule has 0 bridgehead atoms. The van der Waals surface area contributed by atoms with E-state index < -0.39 is 72.1 Å². The number of rotatable bonds is 17. The van der Waals surface area contributed by atoms with E-state index in [2.05, 4.69) is 20.9 Å². The molecule has 0 aromatic heterocycles. The van der Waals surface area contributed by atoms with Gasteiger partial charge < -0.3 is 49.1 Å². The Balaban J connectivity index is 5.42. The molecular formula is C20H36N8O8. The Labute approximate surface area is 207 Å². The van der Waals surface area contributed by atoms with Gasteiger partial charge in [0.15, 0.2) is 5.96 Å². The van der Waals surface area contributed by atoms with Crippen LogP contribution in [0.4, 0.5) is 0 Å². The number of nitrogens with two attached hydrogens (primary N) is 4. The molecule has 204 valence electrons. The Kier molecular flexibility index (Phi) is 14.1. The van der Waals surface area contributed by atoms with Crippen LogP contribution >= 0.6 is 0 Å². The summed E-state index contributed by atoms with van der Waals surface area (Å²) in [6, 6.07) is -5.33. The second-order valence-electron chi connectivity index (χ2n) is 8.35. The molecule has 0 spiro atoms.